The average molecular weight is 183 g/mol. The van der Waals surface area contributed by atoms with E-state index >= 15 is 0 Å². The molecule has 0 aliphatic carbocycles. The molecule has 0 heterocycles. The minimum Gasteiger partial charge on any atom is -0.123 e. The Kier molecular flexibility index (Phi) is 5.56. The van der Waals surface area contributed by atoms with Gasteiger partial charge in [-0.2, -0.15) is 0 Å². The summed E-state index contributed by atoms with van der Waals surface area (Å²) in [5.41, 5.74) is 0. The molecule has 0 aliphatic heterocycles. The average Bonchev–Trinajstić information content (AvgIpc) is 1.58. The molecule has 0 aromatic rings. The SMILES string of the molecule is CC(Cl)CC(C)CC(C)Cl. The molecule has 0 aromatic heterocycles. The van der Waals surface area contributed by atoms with Crippen molar-refractivity contribution in [2.75, 3.05) is 0 Å². The van der Waals surface area contributed by atoms with Crippen molar-refractivity contribution in [1.29, 1.82) is 0 Å². The summed E-state index contributed by atoms with van der Waals surface area (Å²) in [6.45, 7) is 6.24. The van der Waals surface area contributed by atoms with Gasteiger partial charge in [0.1, 0.15) is 0 Å². The standard InChI is InChI=1S/C8H16Cl2/c1-6(4-7(2)9)5-8(3)10/h6-8H,4-5H2,1-3H3. The second-order valence-corrected chi connectivity index (χ2v) is 4.63. The van der Waals surface area contributed by atoms with E-state index in [0.717, 1.165) is 12.8 Å². The van der Waals surface area contributed by atoms with Gasteiger partial charge in [-0.1, -0.05) is 6.92 Å². The van der Waals surface area contributed by atoms with Gasteiger partial charge in [-0.3, -0.25) is 0 Å². The van der Waals surface area contributed by atoms with Crippen LogP contribution in [0, 0.1) is 5.92 Å². The first-order valence-electron chi connectivity index (χ1n) is 3.80. The van der Waals surface area contributed by atoms with E-state index in [1.807, 2.05) is 13.8 Å². The van der Waals surface area contributed by atoms with Gasteiger partial charge in [0.05, 0.1) is 0 Å². The van der Waals surface area contributed by atoms with Gasteiger partial charge in [-0.15, -0.1) is 23.2 Å². The van der Waals surface area contributed by atoms with Crippen LogP contribution in [0.25, 0.3) is 0 Å². The summed E-state index contributed by atoms with van der Waals surface area (Å²) in [5, 5.41) is 0.566. The zero-order valence-corrected chi connectivity index (χ0v) is 8.41. The van der Waals surface area contributed by atoms with Gasteiger partial charge in [-0.05, 0) is 32.6 Å². The molecule has 0 aliphatic rings. The summed E-state index contributed by atoms with van der Waals surface area (Å²) in [4.78, 5) is 0. The molecule has 2 heteroatoms. The monoisotopic (exact) mass is 182 g/mol. The fraction of sp³-hybridized carbons (Fsp3) is 1.00. The van der Waals surface area contributed by atoms with Crippen molar-refractivity contribution >= 4 is 23.2 Å². The van der Waals surface area contributed by atoms with Crippen LogP contribution in [0.3, 0.4) is 0 Å². The maximum Gasteiger partial charge on any atom is 0.0310 e. The molecular weight excluding hydrogens is 167 g/mol. The summed E-state index contributed by atoms with van der Waals surface area (Å²) < 4.78 is 0. The number of hydrogen-bond donors (Lipinski definition) is 0. The van der Waals surface area contributed by atoms with Gasteiger partial charge >= 0.3 is 0 Å². The quantitative estimate of drug-likeness (QED) is 0.583. The molecule has 0 aromatic carbocycles. The zero-order chi connectivity index (χ0) is 8.15. The van der Waals surface area contributed by atoms with E-state index in [-0.39, 0.29) is 10.8 Å². The van der Waals surface area contributed by atoms with E-state index < -0.39 is 0 Å². The third-order valence-corrected chi connectivity index (χ3v) is 1.81. The summed E-state index contributed by atoms with van der Waals surface area (Å²) in [5.74, 6) is 0.653. The maximum absolute atomic E-state index is 5.81. The van der Waals surface area contributed by atoms with E-state index in [4.69, 9.17) is 23.2 Å². The molecule has 0 bridgehead atoms. The van der Waals surface area contributed by atoms with E-state index in [9.17, 15) is 0 Å². The lowest BCUT2D eigenvalue weighted by atomic mass is 10.0. The third kappa shape index (κ3) is 6.70. The maximum atomic E-state index is 5.81. The Morgan fingerprint density at radius 3 is 1.40 bits per heavy atom. The molecule has 0 nitrogen and oxygen atoms in total. The second kappa shape index (κ2) is 5.26. The molecule has 0 N–H and O–H groups in total. The molecular formula is C8H16Cl2. The highest BCUT2D eigenvalue weighted by molar-refractivity contribution is 6.20. The van der Waals surface area contributed by atoms with Crippen LogP contribution in [0.5, 0.6) is 0 Å². The Morgan fingerprint density at radius 2 is 1.20 bits per heavy atom. The lowest BCUT2D eigenvalue weighted by molar-refractivity contribution is 0.487. The molecule has 62 valence electrons. The van der Waals surface area contributed by atoms with Gasteiger partial charge < -0.3 is 0 Å². The van der Waals surface area contributed by atoms with E-state index in [0.29, 0.717) is 5.92 Å². The van der Waals surface area contributed by atoms with Crippen LogP contribution in [0.2, 0.25) is 0 Å². The van der Waals surface area contributed by atoms with E-state index in [1.54, 1.807) is 0 Å². The first kappa shape index (κ1) is 10.6. The van der Waals surface area contributed by atoms with Crippen molar-refractivity contribution in [3.63, 3.8) is 0 Å². The second-order valence-electron chi connectivity index (χ2n) is 3.14. The van der Waals surface area contributed by atoms with Crippen molar-refractivity contribution in [1.82, 2.24) is 0 Å². The van der Waals surface area contributed by atoms with Gasteiger partial charge in [-0.25, -0.2) is 0 Å². The van der Waals surface area contributed by atoms with Crippen molar-refractivity contribution in [3.05, 3.63) is 0 Å². The first-order chi connectivity index (χ1) is 4.52. The van der Waals surface area contributed by atoms with Crippen molar-refractivity contribution in [2.45, 2.75) is 44.4 Å². The smallest absolute Gasteiger partial charge is 0.0310 e. The van der Waals surface area contributed by atoms with E-state index in [2.05, 4.69) is 6.92 Å². The molecule has 0 saturated carbocycles. The van der Waals surface area contributed by atoms with Crippen LogP contribution in [0.4, 0.5) is 0 Å². The van der Waals surface area contributed by atoms with Crippen molar-refractivity contribution < 1.29 is 0 Å². The van der Waals surface area contributed by atoms with Crippen LogP contribution in [0.15, 0.2) is 0 Å². The van der Waals surface area contributed by atoms with Gasteiger partial charge in [0.15, 0.2) is 0 Å². The Hall–Kier alpha value is 0.580. The fourth-order valence-electron chi connectivity index (χ4n) is 1.21. The highest BCUT2D eigenvalue weighted by Gasteiger charge is 2.08. The van der Waals surface area contributed by atoms with Crippen LogP contribution in [-0.2, 0) is 0 Å². The summed E-state index contributed by atoms with van der Waals surface area (Å²) in [6, 6.07) is 0. The molecule has 0 saturated heterocycles. The Morgan fingerprint density at radius 1 is 0.900 bits per heavy atom. The number of rotatable bonds is 4. The predicted octanol–water partition coefficient (Wildman–Crippen LogP) is 3.66. The van der Waals surface area contributed by atoms with E-state index in [1.165, 1.54) is 0 Å². The number of hydrogen-bond acceptors (Lipinski definition) is 0. The molecule has 0 spiro atoms. The van der Waals surface area contributed by atoms with Crippen molar-refractivity contribution in [2.24, 2.45) is 5.92 Å². The van der Waals surface area contributed by atoms with Crippen LogP contribution in [0.1, 0.15) is 33.6 Å². The summed E-state index contributed by atoms with van der Waals surface area (Å²) in [6.07, 6.45) is 2.14. The molecule has 2 unspecified atom stereocenters. The highest BCUT2D eigenvalue weighted by atomic mass is 35.5. The largest absolute Gasteiger partial charge is 0.123 e. The van der Waals surface area contributed by atoms with Gasteiger partial charge in [0, 0.05) is 10.8 Å². The van der Waals surface area contributed by atoms with Gasteiger partial charge in [0.25, 0.3) is 0 Å². The predicted molar refractivity (Wildman–Crippen MR) is 49.0 cm³/mol. The lowest BCUT2D eigenvalue weighted by Gasteiger charge is -2.13. The molecule has 0 amide bonds. The Labute approximate surface area is 73.9 Å². The molecule has 0 fully saturated rings. The minimum atomic E-state index is 0.283. The van der Waals surface area contributed by atoms with Crippen LogP contribution in [-0.4, -0.2) is 10.8 Å². The molecule has 0 rings (SSSR count). The minimum absolute atomic E-state index is 0.283. The normalized spacial score (nSPS) is 20.1. The van der Waals surface area contributed by atoms with Gasteiger partial charge in [0.2, 0.25) is 0 Å². The summed E-state index contributed by atoms with van der Waals surface area (Å²) in [7, 11) is 0. The topological polar surface area (TPSA) is 0 Å². The first-order valence-corrected chi connectivity index (χ1v) is 4.67. The zero-order valence-electron chi connectivity index (χ0n) is 6.90. The molecule has 10 heavy (non-hydrogen) atoms. The Bertz CT molecular complexity index is 69.3. The lowest BCUT2D eigenvalue weighted by Crippen LogP contribution is -2.06. The third-order valence-electron chi connectivity index (χ3n) is 1.45. The molecule has 0 radical (unpaired) electrons. The molecule has 2 atom stereocenters. The van der Waals surface area contributed by atoms with Crippen LogP contribution < -0.4 is 0 Å². The highest BCUT2D eigenvalue weighted by Crippen LogP contribution is 2.17. The summed E-state index contributed by atoms with van der Waals surface area (Å²) >= 11 is 11.6. The number of halogens is 2. The van der Waals surface area contributed by atoms with Crippen LogP contribution >= 0.6 is 23.2 Å². The Balaban J connectivity index is 3.34. The fourth-order valence-corrected chi connectivity index (χ4v) is 1.81. The number of alkyl halides is 2. The van der Waals surface area contributed by atoms with Crippen molar-refractivity contribution in [3.8, 4) is 0 Å².